The van der Waals surface area contributed by atoms with Crippen molar-refractivity contribution in [2.45, 2.75) is 6.61 Å². The van der Waals surface area contributed by atoms with Gasteiger partial charge in [-0.1, -0.05) is 18.2 Å². The summed E-state index contributed by atoms with van der Waals surface area (Å²) in [5, 5.41) is 18.0. The van der Waals surface area contributed by atoms with E-state index in [0.717, 1.165) is 21.7 Å². The molecular weight excluding hydrogens is 336 g/mol. The molecule has 0 aromatic heterocycles. The Labute approximate surface area is 130 Å². The van der Waals surface area contributed by atoms with Crippen molar-refractivity contribution < 1.29 is 19.7 Å². The molecule has 0 radical (unpaired) electrons. The van der Waals surface area contributed by atoms with E-state index in [2.05, 4.69) is 15.9 Å². The molecule has 5 heteroatoms. The smallest absolute Gasteiger partial charge is 0.328 e. The summed E-state index contributed by atoms with van der Waals surface area (Å²) in [4.78, 5) is 10.5. The first-order chi connectivity index (χ1) is 10.0. The molecule has 4 nitrogen and oxygen atoms in total. The summed E-state index contributed by atoms with van der Waals surface area (Å²) >= 11 is 3.39. The van der Waals surface area contributed by atoms with Crippen LogP contribution in [0.3, 0.4) is 0 Å². The molecule has 0 bridgehead atoms. The van der Waals surface area contributed by atoms with Crippen LogP contribution in [0.4, 0.5) is 0 Å². The second-order valence-electron chi connectivity index (χ2n) is 4.32. The van der Waals surface area contributed by atoms with Gasteiger partial charge in [0, 0.05) is 6.08 Å². The number of aliphatic carboxylic acids is 1. The molecule has 0 saturated carbocycles. The molecule has 0 aliphatic heterocycles. The first-order valence-electron chi connectivity index (χ1n) is 6.16. The fourth-order valence-electron chi connectivity index (χ4n) is 1.71. The lowest BCUT2D eigenvalue weighted by atomic mass is 10.2. The Kier molecular flexibility index (Phi) is 5.00. The van der Waals surface area contributed by atoms with Crippen LogP contribution in [0.5, 0.6) is 11.5 Å². The number of carbonyl (C=O) groups is 1. The molecule has 0 spiro atoms. The number of rotatable bonds is 5. The zero-order chi connectivity index (χ0) is 15.2. The van der Waals surface area contributed by atoms with E-state index in [4.69, 9.17) is 9.84 Å². The van der Waals surface area contributed by atoms with Crippen LogP contribution in [0.25, 0.3) is 6.08 Å². The molecule has 0 amide bonds. The SMILES string of the molecule is O=C(O)/C=C/c1ccc(OCc2cccc(O)c2)c(Br)c1. The van der Waals surface area contributed by atoms with Crippen molar-refractivity contribution in [3.63, 3.8) is 0 Å². The van der Waals surface area contributed by atoms with E-state index < -0.39 is 5.97 Å². The maximum Gasteiger partial charge on any atom is 0.328 e. The Morgan fingerprint density at radius 2 is 2.05 bits per heavy atom. The molecular formula is C16H13BrO4. The number of carboxylic acids is 1. The third-order valence-electron chi connectivity index (χ3n) is 2.68. The fourth-order valence-corrected chi connectivity index (χ4v) is 2.22. The van der Waals surface area contributed by atoms with E-state index in [-0.39, 0.29) is 5.75 Å². The predicted octanol–water partition coefficient (Wildman–Crippen LogP) is 3.83. The van der Waals surface area contributed by atoms with Gasteiger partial charge in [-0.3, -0.25) is 0 Å². The van der Waals surface area contributed by atoms with Gasteiger partial charge in [-0.05, 0) is 57.4 Å². The Morgan fingerprint density at radius 1 is 1.24 bits per heavy atom. The Morgan fingerprint density at radius 3 is 2.71 bits per heavy atom. The Balaban J connectivity index is 2.06. The molecule has 0 aliphatic carbocycles. The second-order valence-corrected chi connectivity index (χ2v) is 5.17. The molecule has 0 fully saturated rings. The van der Waals surface area contributed by atoms with Gasteiger partial charge in [-0.25, -0.2) is 4.79 Å². The standard InChI is InChI=1S/C16H13BrO4/c17-14-9-11(5-7-16(19)20)4-6-15(14)21-10-12-2-1-3-13(18)8-12/h1-9,18H,10H2,(H,19,20)/b7-5+. The minimum absolute atomic E-state index is 0.198. The van der Waals surface area contributed by atoms with Gasteiger partial charge in [0.1, 0.15) is 18.1 Å². The van der Waals surface area contributed by atoms with Gasteiger partial charge in [0.25, 0.3) is 0 Å². The monoisotopic (exact) mass is 348 g/mol. The fraction of sp³-hybridized carbons (Fsp3) is 0.0625. The minimum Gasteiger partial charge on any atom is -0.508 e. The molecule has 108 valence electrons. The minimum atomic E-state index is -0.990. The lowest BCUT2D eigenvalue weighted by Gasteiger charge is -2.09. The quantitative estimate of drug-likeness (QED) is 0.805. The highest BCUT2D eigenvalue weighted by Crippen LogP contribution is 2.27. The third-order valence-corrected chi connectivity index (χ3v) is 3.30. The average Bonchev–Trinajstić information content (AvgIpc) is 2.44. The zero-order valence-electron chi connectivity index (χ0n) is 11.0. The van der Waals surface area contributed by atoms with Crippen LogP contribution in [-0.4, -0.2) is 16.2 Å². The Hall–Kier alpha value is -2.27. The van der Waals surface area contributed by atoms with E-state index in [1.54, 1.807) is 36.4 Å². The number of ether oxygens (including phenoxy) is 1. The molecule has 0 atom stereocenters. The molecule has 0 saturated heterocycles. The van der Waals surface area contributed by atoms with Crippen molar-refractivity contribution in [1.29, 1.82) is 0 Å². The van der Waals surface area contributed by atoms with Crippen molar-refractivity contribution in [1.82, 2.24) is 0 Å². The number of phenols is 1. The van der Waals surface area contributed by atoms with Gasteiger partial charge in [-0.15, -0.1) is 0 Å². The van der Waals surface area contributed by atoms with Gasteiger partial charge in [0.05, 0.1) is 4.47 Å². The van der Waals surface area contributed by atoms with E-state index in [1.165, 1.54) is 6.08 Å². The number of benzene rings is 2. The largest absolute Gasteiger partial charge is 0.508 e. The third kappa shape index (κ3) is 4.65. The van der Waals surface area contributed by atoms with Gasteiger partial charge < -0.3 is 14.9 Å². The summed E-state index contributed by atoms with van der Waals surface area (Å²) in [6.07, 6.45) is 2.58. The van der Waals surface area contributed by atoms with Crippen molar-refractivity contribution >= 4 is 28.0 Å². The number of halogens is 1. The van der Waals surface area contributed by atoms with Crippen molar-refractivity contribution in [3.05, 3.63) is 64.1 Å². The van der Waals surface area contributed by atoms with Crippen molar-refractivity contribution in [3.8, 4) is 11.5 Å². The van der Waals surface area contributed by atoms with E-state index in [9.17, 15) is 9.90 Å². The zero-order valence-corrected chi connectivity index (χ0v) is 12.6. The predicted molar refractivity (Wildman–Crippen MR) is 83.3 cm³/mol. The van der Waals surface area contributed by atoms with E-state index in [0.29, 0.717) is 12.4 Å². The van der Waals surface area contributed by atoms with Crippen LogP contribution >= 0.6 is 15.9 Å². The number of aromatic hydroxyl groups is 1. The normalized spacial score (nSPS) is 10.7. The second kappa shape index (κ2) is 6.95. The van der Waals surface area contributed by atoms with Gasteiger partial charge >= 0.3 is 5.97 Å². The van der Waals surface area contributed by atoms with Crippen LogP contribution in [0, 0.1) is 0 Å². The van der Waals surface area contributed by atoms with Crippen molar-refractivity contribution in [2.75, 3.05) is 0 Å². The highest BCUT2D eigenvalue weighted by molar-refractivity contribution is 9.10. The lowest BCUT2D eigenvalue weighted by molar-refractivity contribution is -0.131. The summed E-state index contributed by atoms with van der Waals surface area (Å²) in [5.74, 6) is -0.148. The molecule has 21 heavy (non-hydrogen) atoms. The Bertz CT molecular complexity index is 680. The van der Waals surface area contributed by atoms with Gasteiger partial charge in [-0.2, -0.15) is 0 Å². The van der Waals surface area contributed by atoms with Crippen LogP contribution in [0.15, 0.2) is 53.0 Å². The maximum absolute atomic E-state index is 10.5. The number of phenolic OH excluding ortho intramolecular Hbond substituents is 1. The van der Waals surface area contributed by atoms with Crippen LogP contribution in [0.1, 0.15) is 11.1 Å². The number of hydrogen-bond donors (Lipinski definition) is 2. The summed E-state index contributed by atoms with van der Waals surface area (Å²) in [5.41, 5.74) is 1.62. The van der Waals surface area contributed by atoms with Gasteiger partial charge in [0.2, 0.25) is 0 Å². The molecule has 0 aliphatic rings. The lowest BCUT2D eigenvalue weighted by Crippen LogP contribution is -1.96. The molecule has 0 unspecified atom stereocenters. The van der Waals surface area contributed by atoms with Crippen molar-refractivity contribution in [2.24, 2.45) is 0 Å². The summed E-state index contributed by atoms with van der Waals surface area (Å²) in [6.45, 7) is 0.331. The van der Waals surface area contributed by atoms with E-state index >= 15 is 0 Å². The summed E-state index contributed by atoms with van der Waals surface area (Å²) < 4.78 is 6.39. The molecule has 2 aromatic carbocycles. The van der Waals surface area contributed by atoms with Crippen LogP contribution in [-0.2, 0) is 11.4 Å². The summed E-state index contributed by atoms with van der Waals surface area (Å²) in [6, 6.07) is 12.1. The van der Waals surface area contributed by atoms with Crippen LogP contribution in [0.2, 0.25) is 0 Å². The topological polar surface area (TPSA) is 66.8 Å². The van der Waals surface area contributed by atoms with E-state index in [1.807, 2.05) is 6.07 Å². The highest BCUT2D eigenvalue weighted by atomic mass is 79.9. The first-order valence-corrected chi connectivity index (χ1v) is 6.95. The molecule has 0 heterocycles. The highest BCUT2D eigenvalue weighted by Gasteiger charge is 2.03. The first kappa shape index (κ1) is 15.1. The number of hydrogen-bond acceptors (Lipinski definition) is 3. The van der Waals surface area contributed by atoms with Gasteiger partial charge in [0.15, 0.2) is 0 Å². The summed E-state index contributed by atoms with van der Waals surface area (Å²) in [7, 11) is 0. The maximum atomic E-state index is 10.5. The number of carboxylic acid groups (broad SMARTS) is 1. The molecule has 2 rings (SSSR count). The molecule has 2 aromatic rings. The molecule has 2 N–H and O–H groups in total. The van der Waals surface area contributed by atoms with Crippen LogP contribution < -0.4 is 4.74 Å². The average molecular weight is 349 g/mol.